The zero-order chi connectivity index (χ0) is 40.3. The van der Waals surface area contributed by atoms with Crippen molar-refractivity contribution in [2.45, 2.75) is 9.11 Å². The molecule has 0 bridgehead atoms. The summed E-state index contributed by atoms with van der Waals surface area (Å²) >= 11 is -3.33. The van der Waals surface area contributed by atoms with Gasteiger partial charge in [0.05, 0.1) is 0 Å². The van der Waals surface area contributed by atoms with Crippen LogP contribution in [0.3, 0.4) is 0 Å². The first-order valence-electron chi connectivity index (χ1n) is 19.4. The molecule has 0 amide bonds. The van der Waals surface area contributed by atoms with Crippen molar-refractivity contribution in [2.24, 2.45) is 0 Å². The molecule has 0 aromatic heterocycles. The van der Waals surface area contributed by atoms with Gasteiger partial charge in [0.2, 0.25) is 0 Å². The van der Waals surface area contributed by atoms with Gasteiger partial charge in [-0.1, -0.05) is 0 Å². The van der Waals surface area contributed by atoms with E-state index >= 15 is 0 Å². The van der Waals surface area contributed by atoms with E-state index in [0.717, 1.165) is 0 Å². The summed E-state index contributed by atoms with van der Waals surface area (Å²) in [4.78, 5) is 0. The molecule has 0 fully saturated rings. The number of hydrogen-bond acceptors (Lipinski definition) is 0. The van der Waals surface area contributed by atoms with Crippen molar-refractivity contribution < 1.29 is 11.0 Å². The molecule has 8 aromatic rings. The second-order valence-electron chi connectivity index (χ2n) is 13.7. The minimum atomic E-state index is -3.33. The van der Waals surface area contributed by atoms with E-state index in [0.29, 0.717) is 0 Å². The molecule has 7 heteroatoms. The van der Waals surface area contributed by atoms with E-state index in [1.165, 1.54) is 42.4 Å². The van der Waals surface area contributed by atoms with Gasteiger partial charge in [0.25, 0.3) is 0 Å². The zero-order valence-electron chi connectivity index (χ0n) is 32.3. The molecule has 59 heavy (non-hydrogen) atoms. The Bertz CT molecular complexity index is 2100. The van der Waals surface area contributed by atoms with Crippen LogP contribution in [0, 0.1) is 12.3 Å². The van der Waals surface area contributed by atoms with Gasteiger partial charge in [-0.15, -0.1) is 0 Å². The third-order valence-electron chi connectivity index (χ3n) is 9.85. The average Bonchev–Trinajstić information content (AvgIpc) is 3.31. The standard InChI is InChI=1S/2C26H22P2.2ClH.Fe/c2*1-5-13-23(14-6-1)27(24-15-7-2-8-16-24)21-22-28(25-17-9-3-10-18-25)26-19-11-4-12-20-26;;;/h2*1-22H;2*1H;/q;;;;+2/p-2. The normalized spacial score (nSPS) is 13.1. The molecule has 0 aliphatic heterocycles. The summed E-state index contributed by atoms with van der Waals surface area (Å²) in [5.41, 5.74) is 0. The van der Waals surface area contributed by atoms with Crippen LogP contribution in [0.5, 0.6) is 0 Å². The summed E-state index contributed by atoms with van der Waals surface area (Å²) in [6.45, 7) is 0. The predicted molar refractivity (Wildman–Crippen MR) is 264 cm³/mol. The van der Waals surface area contributed by atoms with Crippen molar-refractivity contribution >= 4 is 94.3 Å². The molecule has 0 saturated carbocycles. The quantitative estimate of drug-likeness (QED) is 0.0669. The molecule has 2 radical (unpaired) electrons. The number of benzene rings is 8. The first kappa shape index (κ1) is 42.3. The predicted octanol–water partition coefficient (Wildman–Crippen LogP) is 12.0. The number of rotatable bonds is 16. The van der Waals surface area contributed by atoms with E-state index in [9.17, 15) is 0 Å². The molecule has 0 aliphatic rings. The van der Waals surface area contributed by atoms with Crippen LogP contribution >= 0.6 is 51.9 Å². The maximum atomic E-state index is 8.78. The first-order valence-corrected chi connectivity index (χ1v) is 29.4. The topological polar surface area (TPSA) is 0 Å². The van der Waals surface area contributed by atoms with Crippen LogP contribution in [0.1, 0.15) is 0 Å². The van der Waals surface area contributed by atoms with Gasteiger partial charge in [0.1, 0.15) is 0 Å². The Labute approximate surface area is 366 Å². The summed E-state index contributed by atoms with van der Waals surface area (Å²) in [6, 6.07) is 88.0. The van der Waals surface area contributed by atoms with E-state index in [2.05, 4.69) is 255 Å². The Hall–Kier alpha value is -3.42. The van der Waals surface area contributed by atoms with Crippen LogP contribution in [-0.4, -0.2) is 9.11 Å². The molecule has 0 N–H and O–H groups in total. The summed E-state index contributed by atoms with van der Waals surface area (Å²) < 4.78 is -0.335. The average molecular weight is 920 g/mol. The van der Waals surface area contributed by atoms with Gasteiger partial charge in [-0.3, -0.25) is 0 Å². The van der Waals surface area contributed by atoms with Crippen molar-refractivity contribution in [1.82, 2.24) is 0 Å². The van der Waals surface area contributed by atoms with Gasteiger partial charge in [0.15, 0.2) is 0 Å². The van der Waals surface area contributed by atoms with Crippen molar-refractivity contribution in [3.63, 3.8) is 0 Å². The summed E-state index contributed by atoms with van der Waals surface area (Å²) in [5.74, 6) is 0. The third kappa shape index (κ3) is 10.4. The SMILES string of the molecule is [Cl][Fe]([Cl])([CH]([CH]P(c1ccccc1)c1ccccc1)P(c1ccccc1)c1ccccc1)[CH]([CH]P(c1ccccc1)c1ccccc1)P(c1ccccc1)c1ccccc1. The molecular weight excluding hydrogens is 875 g/mol. The minimum absolute atomic E-state index is 0.167. The van der Waals surface area contributed by atoms with Crippen LogP contribution in [0.15, 0.2) is 243 Å². The second-order valence-corrected chi connectivity index (χ2v) is 30.5. The van der Waals surface area contributed by atoms with Crippen LogP contribution in [0.4, 0.5) is 0 Å². The maximum absolute atomic E-state index is 8.78. The number of halogens is 2. The van der Waals surface area contributed by atoms with Crippen molar-refractivity contribution in [1.29, 1.82) is 0 Å². The van der Waals surface area contributed by atoms with E-state index < -0.39 is 42.7 Å². The Balaban J connectivity index is 1.40. The third-order valence-corrected chi connectivity index (χ3v) is 30.9. The Morgan fingerprint density at radius 2 is 0.441 bits per heavy atom. The van der Waals surface area contributed by atoms with Crippen LogP contribution < -0.4 is 42.4 Å². The van der Waals surface area contributed by atoms with Gasteiger partial charge in [0, 0.05) is 0 Å². The summed E-state index contributed by atoms with van der Waals surface area (Å²) in [7, 11) is 13.4. The molecule has 0 aliphatic carbocycles. The van der Waals surface area contributed by atoms with Gasteiger partial charge in [-0.05, 0) is 0 Å². The monoisotopic (exact) mass is 918 g/mol. The van der Waals surface area contributed by atoms with E-state index in [1.807, 2.05) is 0 Å². The molecule has 2 atom stereocenters. The molecule has 8 aromatic carbocycles. The Kier molecular flexibility index (Phi) is 15.0. The van der Waals surface area contributed by atoms with Crippen LogP contribution in [-0.2, 0) is 11.0 Å². The Morgan fingerprint density at radius 1 is 0.271 bits per heavy atom. The van der Waals surface area contributed by atoms with Crippen molar-refractivity contribution in [3.05, 3.63) is 255 Å². The van der Waals surface area contributed by atoms with E-state index in [4.69, 9.17) is 20.2 Å². The van der Waals surface area contributed by atoms with Crippen molar-refractivity contribution in [3.8, 4) is 0 Å². The van der Waals surface area contributed by atoms with Crippen LogP contribution in [0.25, 0.3) is 0 Å². The van der Waals surface area contributed by atoms with E-state index in [-0.39, 0.29) is 9.11 Å². The molecule has 0 spiro atoms. The van der Waals surface area contributed by atoms with Crippen LogP contribution in [0.2, 0.25) is 0 Å². The molecular formula is C52H44Cl2FeP4. The molecule has 294 valence electrons. The van der Waals surface area contributed by atoms with Gasteiger partial charge in [-0.25, -0.2) is 0 Å². The molecule has 0 heterocycles. The zero-order valence-corrected chi connectivity index (χ0v) is 38.5. The fraction of sp³-hybridized carbons (Fsp3) is 0.0385. The fourth-order valence-corrected chi connectivity index (χ4v) is 30.7. The molecule has 0 nitrogen and oxygen atoms in total. The van der Waals surface area contributed by atoms with Gasteiger partial charge >= 0.3 is 369 Å². The second kappa shape index (κ2) is 20.9. The van der Waals surface area contributed by atoms with E-state index in [1.54, 1.807) is 0 Å². The number of hydrogen-bond donors (Lipinski definition) is 0. The van der Waals surface area contributed by atoms with Crippen molar-refractivity contribution in [2.75, 3.05) is 0 Å². The fourth-order valence-electron chi connectivity index (χ4n) is 7.08. The molecule has 2 unspecified atom stereocenters. The molecule has 8 rings (SSSR count). The molecule has 0 saturated heterocycles. The van der Waals surface area contributed by atoms with Gasteiger partial charge < -0.3 is 0 Å². The first-order chi connectivity index (χ1) is 29.1. The Morgan fingerprint density at radius 3 is 0.627 bits per heavy atom. The van der Waals surface area contributed by atoms with Gasteiger partial charge in [-0.2, -0.15) is 0 Å². The summed E-state index contributed by atoms with van der Waals surface area (Å²) in [5, 5.41) is 10.2. The summed E-state index contributed by atoms with van der Waals surface area (Å²) in [6.07, 6.45) is 5.26.